The van der Waals surface area contributed by atoms with Crippen molar-refractivity contribution < 1.29 is 23.8 Å². The largest absolute Gasteiger partial charge is 0.468 e. The Labute approximate surface area is 148 Å². The summed E-state index contributed by atoms with van der Waals surface area (Å²) in [6, 6.07) is 10.0. The number of hydrogen-bond acceptors (Lipinski definition) is 5. The highest BCUT2D eigenvalue weighted by Crippen LogP contribution is 2.54. The smallest absolute Gasteiger partial charge is 0.323 e. The lowest BCUT2D eigenvalue weighted by atomic mass is 9.82. The van der Waals surface area contributed by atoms with Gasteiger partial charge in [-0.25, -0.2) is 0 Å². The number of ether oxygens (including phenoxy) is 3. The van der Waals surface area contributed by atoms with Gasteiger partial charge in [0.25, 0.3) is 0 Å². The van der Waals surface area contributed by atoms with Crippen molar-refractivity contribution in [1.29, 1.82) is 0 Å². The second kappa shape index (κ2) is 6.30. The molecule has 5 heteroatoms. The molecule has 0 fully saturated rings. The van der Waals surface area contributed by atoms with Crippen molar-refractivity contribution in [3.63, 3.8) is 0 Å². The number of hydrogen-bond donors (Lipinski definition) is 0. The first-order valence-electron chi connectivity index (χ1n) is 8.45. The summed E-state index contributed by atoms with van der Waals surface area (Å²) >= 11 is 0. The summed E-state index contributed by atoms with van der Waals surface area (Å²) in [7, 11) is 2.61. The summed E-state index contributed by atoms with van der Waals surface area (Å²) in [5, 5.41) is 0. The van der Waals surface area contributed by atoms with Crippen molar-refractivity contribution >= 4 is 11.9 Å². The first-order valence-corrected chi connectivity index (χ1v) is 8.45. The van der Waals surface area contributed by atoms with Crippen LogP contribution >= 0.6 is 0 Å². The van der Waals surface area contributed by atoms with Crippen LogP contribution in [0.2, 0.25) is 0 Å². The summed E-state index contributed by atoms with van der Waals surface area (Å²) in [6.07, 6.45) is 1.19. The van der Waals surface area contributed by atoms with Crippen molar-refractivity contribution in [2.24, 2.45) is 5.41 Å². The number of carbonyl (C=O) groups is 2. The van der Waals surface area contributed by atoms with Crippen LogP contribution in [0.15, 0.2) is 41.5 Å². The molecule has 0 radical (unpaired) electrons. The molecule has 0 aromatic heterocycles. The molecule has 1 aromatic rings. The molecular weight excluding hydrogens is 320 g/mol. The van der Waals surface area contributed by atoms with Crippen LogP contribution in [-0.2, 0) is 23.8 Å². The van der Waals surface area contributed by atoms with E-state index in [9.17, 15) is 9.59 Å². The minimum absolute atomic E-state index is 0.0963. The van der Waals surface area contributed by atoms with Crippen LogP contribution in [0.3, 0.4) is 0 Å². The van der Waals surface area contributed by atoms with Crippen molar-refractivity contribution in [1.82, 2.24) is 0 Å². The quantitative estimate of drug-likeness (QED) is 0.478. The lowest BCUT2D eigenvalue weighted by molar-refractivity contribution is -0.168. The van der Waals surface area contributed by atoms with Crippen molar-refractivity contribution in [2.45, 2.75) is 44.8 Å². The van der Waals surface area contributed by atoms with Crippen molar-refractivity contribution in [3.8, 4) is 0 Å². The van der Waals surface area contributed by atoms with Gasteiger partial charge in [-0.2, -0.15) is 0 Å². The van der Waals surface area contributed by atoms with Gasteiger partial charge in [0.15, 0.2) is 5.41 Å². The van der Waals surface area contributed by atoms with Gasteiger partial charge >= 0.3 is 11.9 Å². The van der Waals surface area contributed by atoms with Crippen LogP contribution < -0.4 is 0 Å². The highest BCUT2D eigenvalue weighted by atomic mass is 16.5. The molecule has 134 valence electrons. The fourth-order valence-electron chi connectivity index (χ4n) is 4.10. The monoisotopic (exact) mass is 344 g/mol. The molecule has 1 unspecified atom stereocenters. The fourth-order valence-corrected chi connectivity index (χ4v) is 4.10. The molecule has 0 amide bonds. The summed E-state index contributed by atoms with van der Waals surface area (Å²) in [5.74, 6) is -1.08. The van der Waals surface area contributed by atoms with Gasteiger partial charge in [-0.05, 0) is 44.2 Å². The lowest BCUT2D eigenvalue weighted by Gasteiger charge is -2.38. The van der Waals surface area contributed by atoms with E-state index >= 15 is 0 Å². The third-order valence-corrected chi connectivity index (χ3v) is 5.34. The van der Waals surface area contributed by atoms with Crippen molar-refractivity contribution in [3.05, 3.63) is 47.0 Å². The minimum Gasteiger partial charge on any atom is -0.468 e. The molecule has 1 aliphatic heterocycles. The number of benzene rings is 1. The molecule has 0 saturated carbocycles. The summed E-state index contributed by atoms with van der Waals surface area (Å²) in [4.78, 5) is 24.9. The molecule has 0 bridgehead atoms. The van der Waals surface area contributed by atoms with E-state index in [0.29, 0.717) is 12.8 Å². The highest BCUT2D eigenvalue weighted by Gasteiger charge is 2.57. The minimum atomic E-state index is -1.29. The molecule has 0 saturated heterocycles. The Morgan fingerprint density at radius 3 is 2.20 bits per heavy atom. The summed E-state index contributed by atoms with van der Waals surface area (Å²) in [6.45, 7) is 3.98. The molecule has 2 aliphatic rings. The number of carbonyl (C=O) groups excluding carboxylic acids is 2. The average Bonchev–Trinajstić information content (AvgIpc) is 3.02. The Morgan fingerprint density at radius 1 is 1.04 bits per heavy atom. The Balaban J connectivity index is 1.96. The number of methoxy groups -OCH3 is 2. The van der Waals surface area contributed by atoms with Crippen LogP contribution in [0.5, 0.6) is 0 Å². The third kappa shape index (κ3) is 2.86. The van der Waals surface area contributed by atoms with Crippen LogP contribution in [0.4, 0.5) is 0 Å². The highest BCUT2D eigenvalue weighted by molar-refractivity contribution is 6.01. The first-order chi connectivity index (χ1) is 11.8. The van der Waals surface area contributed by atoms with Gasteiger partial charge in [0, 0.05) is 0 Å². The molecule has 1 atom stereocenters. The van der Waals surface area contributed by atoms with Gasteiger partial charge in [0.1, 0.15) is 0 Å². The van der Waals surface area contributed by atoms with Crippen LogP contribution in [0.25, 0.3) is 0 Å². The normalized spacial score (nSPS) is 23.8. The second-order valence-electron chi connectivity index (χ2n) is 7.23. The van der Waals surface area contributed by atoms with Gasteiger partial charge in [-0.1, -0.05) is 35.9 Å². The third-order valence-electron chi connectivity index (χ3n) is 5.34. The maximum absolute atomic E-state index is 12.5. The Morgan fingerprint density at radius 2 is 1.64 bits per heavy atom. The summed E-state index contributed by atoms with van der Waals surface area (Å²) in [5.41, 5.74) is 1.35. The molecule has 5 nitrogen and oxygen atoms in total. The second-order valence-corrected chi connectivity index (χ2v) is 7.23. The number of esters is 2. The zero-order valence-corrected chi connectivity index (χ0v) is 15.1. The molecule has 1 aliphatic carbocycles. The Kier molecular flexibility index (Phi) is 4.45. The molecule has 25 heavy (non-hydrogen) atoms. The maximum Gasteiger partial charge on any atom is 0.323 e. The van der Waals surface area contributed by atoms with E-state index in [0.717, 1.165) is 16.7 Å². The average molecular weight is 344 g/mol. The van der Waals surface area contributed by atoms with Gasteiger partial charge in [0.05, 0.1) is 25.9 Å². The first kappa shape index (κ1) is 17.7. The zero-order valence-electron chi connectivity index (χ0n) is 15.1. The van der Waals surface area contributed by atoms with Crippen LogP contribution in [0, 0.1) is 5.41 Å². The van der Waals surface area contributed by atoms with E-state index in [2.05, 4.69) is 0 Å². The van der Waals surface area contributed by atoms with Crippen LogP contribution in [-0.4, -0.2) is 31.8 Å². The van der Waals surface area contributed by atoms with E-state index in [-0.39, 0.29) is 12.5 Å². The van der Waals surface area contributed by atoms with Gasteiger partial charge < -0.3 is 14.2 Å². The predicted molar refractivity (Wildman–Crippen MR) is 91.7 cm³/mol. The topological polar surface area (TPSA) is 61.8 Å². The molecular formula is C20H24O5. The molecule has 1 heterocycles. The predicted octanol–water partition coefficient (Wildman–Crippen LogP) is 3.35. The summed E-state index contributed by atoms with van der Waals surface area (Å²) < 4.78 is 16.2. The fraction of sp³-hybridized carbons (Fsp3) is 0.500. The van der Waals surface area contributed by atoms with Gasteiger partial charge in [0.2, 0.25) is 0 Å². The van der Waals surface area contributed by atoms with Gasteiger partial charge in [-0.15, -0.1) is 0 Å². The maximum atomic E-state index is 12.5. The Hall–Kier alpha value is -2.14. The van der Waals surface area contributed by atoms with E-state index < -0.39 is 23.0 Å². The van der Waals surface area contributed by atoms with E-state index in [1.165, 1.54) is 14.2 Å². The van der Waals surface area contributed by atoms with Crippen LogP contribution in [0.1, 0.15) is 44.8 Å². The lowest BCUT2D eigenvalue weighted by Crippen LogP contribution is -2.40. The van der Waals surface area contributed by atoms with Crippen molar-refractivity contribution in [2.75, 3.05) is 14.2 Å². The molecule has 1 aromatic carbocycles. The Bertz CT molecular complexity index is 701. The standard InChI is InChI=1S/C20H24O5/c1-19(2)15-12-20(17(21)23-3,18(22)24-4)11-14(15)10-16(25-19)13-8-6-5-7-9-13/h5-9,16H,10-12H2,1-4H3. The number of rotatable bonds is 3. The molecule has 0 N–H and O–H groups in total. The molecule has 3 rings (SSSR count). The molecule has 0 spiro atoms. The SMILES string of the molecule is COC(=O)C1(C(=O)OC)CC2=C(C1)C(C)(C)OC(c1ccccc1)C2. The van der Waals surface area contributed by atoms with E-state index in [1.54, 1.807) is 0 Å². The van der Waals surface area contributed by atoms with E-state index in [4.69, 9.17) is 14.2 Å². The van der Waals surface area contributed by atoms with E-state index in [1.807, 2.05) is 44.2 Å². The zero-order chi connectivity index (χ0) is 18.2. The van der Waals surface area contributed by atoms with Gasteiger partial charge in [-0.3, -0.25) is 9.59 Å².